The van der Waals surface area contributed by atoms with Crippen molar-refractivity contribution in [3.05, 3.63) is 29.7 Å². The van der Waals surface area contributed by atoms with E-state index in [9.17, 15) is 13.2 Å². The SMILES string of the molecule is CC(C)C(C)/C=C/c1ccc(C(F)(F)F)o1. The largest absolute Gasteiger partial charge is 0.452 e. The van der Waals surface area contributed by atoms with Crippen LogP contribution in [0.15, 0.2) is 22.6 Å². The van der Waals surface area contributed by atoms with Gasteiger partial charge in [0.1, 0.15) is 5.76 Å². The molecule has 0 saturated carbocycles. The molecular formula is C12H15F3O. The molecule has 0 aromatic carbocycles. The summed E-state index contributed by atoms with van der Waals surface area (Å²) in [5.41, 5.74) is 0. The molecule has 1 aromatic heterocycles. The Hall–Kier alpha value is -1.19. The molecule has 0 radical (unpaired) electrons. The van der Waals surface area contributed by atoms with Gasteiger partial charge in [0.15, 0.2) is 0 Å². The van der Waals surface area contributed by atoms with Crippen molar-refractivity contribution in [3.8, 4) is 0 Å². The maximum Gasteiger partial charge on any atom is 0.449 e. The summed E-state index contributed by atoms with van der Waals surface area (Å²) in [5.74, 6) is 0.0388. The molecule has 0 aliphatic rings. The fourth-order valence-electron chi connectivity index (χ4n) is 1.06. The van der Waals surface area contributed by atoms with Crippen molar-refractivity contribution in [2.24, 2.45) is 11.8 Å². The first-order valence-electron chi connectivity index (χ1n) is 5.16. The van der Waals surface area contributed by atoms with Crippen LogP contribution in [-0.4, -0.2) is 0 Å². The molecule has 0 N–H and O–H groups in total. The quantitative estimate of drug-likeness (QED) is 0.742. The van der Waals surface area contributed by atoms with Gasteiger partial charge in [-0.25, -0.2) is 0 Å². The van der Waals surface area contributed by atoms with Crippen molar-refractivity contribution in [3.63, 3.8) is 0 Å². The van der Waals surface area contributed by atoms with E-state index in [1.54, 1.807) is 6.08 Å². The summed E-state index contributed by atoms with van der Waals surface area (Å²) in [5, 5.41) is 0. The lowest BCUT2D eigenvalue weighted by Crippen LogP contribution is -2.02. The molecule has 1 nitrogen and oxygen atoms in total. The minimum atomic E-state index is -4.41. The summed E-state index contributed by atoms with van der Waals surface area (Å²) in [7, 11) is 0. The van der Waals surface area contributed by atoms with Crippen molar-refractivity contribution in [2.75, 3.05) is 0 Å². The molecule has 16 heavy (non-hydrogen) atoms. The summed E-state index contributed by atoms with van der Waals surface area (Å²) >= 11 is 0. The van der Waals surface area contributed by atoms with Gasteiger partial charge in [0.05, 0.1) is 0 Å². The van der Waals surface area contributed by atoms with Crippen LogP contribution in [0.1, 0.15) is 32.3 Å². The van der Waals surface area contributed by atoms with Gasteiger partial charge in [-0.2, -0.15) is 13.2 Å². The highest BCUT2D eigenvalue weighted by Crippen LogP contribution is 2.31. The summed E-state index contributed by atoms with van der Waals surface area (Å²) < 4.78 is 41.3. The highest BCUT2D eigenvalue weighted by atomic mass is 19.4. The lowest BCUT2D eigenvalue weighted by Gasteiger charge is -2.08. The number of alkyl halides is 3. The first-order chi connectivity index (χ1) is 7.30. The smallest absolute Gasteiger partial charge is 0.449 e. The number of hydrogen-bond donors (Lipinski definition) is 0. The molecule has 1 rings (SSSR count). The number of allylic oxidation sites excluding steroid dienone is 1. The van der Waals surface area contributed by atoms with E-state index in [1.807, 2.05) is 13.0 Å². The van der Waals surface area contributed by atoms with E-state index >= 15 is 0 Å². The van der Waals surface area contributed by atoms with Crippen LogP contribution in [-0.2, 0) is 6.18 Å². The van der Waals surface area contributed by atoms with E-state index in [0.717, 1.165) is 6.07 Å². The minimum Gasteiger partial charge on any atom is -0.452 e. The topological polar surface area (TPSA) is 13.1 Å². The normalized spacial score (nSPS) is 14.9. The molecule has 0 aliphatic heterocycles. The molecule has 0 bridgehead atoms. The van der Waals surface area contributed by atoms with Gasteiger partial charge in [0.25, 0.3) is 0 Å². The van der Waals surface area contributed by atoms with Crippen molar-refractivity contribution in [1.29, 1.82) is 0 Å². The Labute approximate surface area is 93.0 Å². The Morgan fingerprint density at radius 3 is 2.25 bits per heavy atom. The predicted molar refractivity (Wildman–Crippen MR) is 56.7 cm³/mol. The van der Waals surface area contributed by atoms with Crippen LogP contribution < -0.4 is 0 Å². The Morgan fingerprint density at radius 1 is 1.19 bits per heavy atom. The Kier molecular flexibility index (Phi) is 3.83. The van der Waals surface area contributed by atoms with Crippen molar-refractivity contribution >= 4 is 6.08 Å². The van der Waals surface area contributed by atoms with Crippen LogP contribution in [0, 0.1) is 11.8 Å². The summed E-state index contributed by atoms with van der Waals surface area (Å²) in [6.45, 7) is 6.12. The highest BCUT2D eigenvalue weighted by Gasteiger charge is 2.34. The van der Waals surface area contributed by atoms with E-state index in [2.05, 4.69) is 18.3 Å². The van der Waals surface area contributed by atoms with Crippen LogP contribution >= 0.6 is 0 Å². The van der Waals surface area contributed by atoms with E-state index in [1.165, 1.54) is 6.07 Å². The van der Waals surface area contributed by atoms with Crippen LogP contribution in [0.4, 0.5) is 13.2 Å². The summed E-state index contributed by atoms with van der Waals surface area (Å²) in [4.78, 5) is 0. The number of hydrogen-bond acceptors (Lipinski definition) is 1. The molecule has 0 amide bonds. The minimum absolute atomic E-state index is 0.236. The van der Waals surface area contributed by atoms with Crippen LogP contribution in [0.25, 0.3) is 6.08 Å². The van der Waals surface area contributed by atoms with Gasteiger partial charge in [0, 0.05) is 0 Å². The lowest BCUT2D eigenvalue weighted by molar-refractivity contribution is -0.153. The maximum absolute atomic E-state index is 12.2. The van der Waals surface area contributed by atoms with Gasteiger partial charge in [-0.05, 0) is 30.0 Å². The fraction of sp³-hybridized carbons (Fsp3) is 0.500. The predicted octanol–water partition coefficient (Wildman–Crippen LogP) is 4.60. The van der Waals surface area contributed by atoms with Gasteiger partial charge in [-0.3, -0.25) is 0 Å². The first kappa shape index (κ1) is 12.9. The zero-order chi connectivity index (χ0) is 12.3. The molecule has 0 spiro atoms. The van der Waals surface area contributed by atoms with E-state index in [0.29, 0.717) is 11.8 Å². The van der Waals surface area contributed by atoms with E-state index < -0.39 is 11.9 Å². The van der Waals surface area contributed by atoms with Gasteiger partial charge in [-0.15, -0.1) is 0 Å². The third-order valence-electron chi connectivity index (χ3n) is 2.52. The molecule has 1 atom stereocenters. The van der Waals surface area contributed by atoms with Crippen LogP contribution in [0.2, 0.25) is 0 Å². The Balaban J connectivity index is 2.73. The molecular weight excluding hydrogens is 217 g/mol. The molecule has 0 saturated heterocycles. The average molecular weight is 232 g/mol. The van der Waals surface area contributed by atoms with Crippen molar-refractivity contribution in [1.82, 2.24) is 0 Å². The number of halogens is 3. The van der Waals surface area contributed by atoms with Crippen molar-refractivity contribution in [2.45, 2.75) is 26.9 Å². The zero-order valence-corrected chi connectivity index (χ0v) is 9.51. The summed E-state index contributed by atoms with van der Waals surface area (Å²) in [6, 6.07) is 2.27. The van der Waals surface area contributed by atoms with Gasteiger partial charge in [0.2, 0.25) is 5.76 Å². The van der Waals surface area contributed by atoms with E-state index in [-0.39, 0.29) is 5.76 Å². The van der Waals surface area contributed by atoms with E-state index in [4.69, 9.17) is 0 Å². The monoisotopic (exact) mass is 232 g/mol. The molecule has 90 valence electrons. The molecule has 0 aliphatic carbocycles. The number of furan rings is 1. The second kappa shape index (κ2) is 4.76. The molecule has 1 aromatic rings. The zero-order valence-electron chi connectivity index (χ0n) is 9.51. The molecule has 1 unspecified atom stereocenters. The first-order valence-corrected chi connectivity index (χ1v) is 5.16. The second-order valence-electron chi connectivity index (χ2n) is 4.16. The van der Waals surface area contributed by atoms with Gasteiger partial charge >= 0.3 is 6.18 Å². The van der Waals surface area contributed by atoms with Crippen molar-refractivity contribution < 1.29 is 17.6 Å². The maximum atomic E-state index is 12.2. The molecule has 0 fully saturated rings. The van der Waals surface area contributed by atoms with Gasteiger partial charge < -0.3 is 4.42 Å². The molecule has 1 heterocycles. The fourth-order valence-corrected chi connectivity index (χ4v) is 1.06. The van der Waals surface area contributed by atoms with Crippen LogP contribution in [0.3, 0.4) is 0 Å². The van der Waals surface area contributed by atoms with Gasteiger partial charge in [-0.1, -0.05) is 26.8 Å². The second-order valence-corrected chi connectivity index (χ2v) is 4.16. The molecule has 4 heteroatoms. The Morgan fingerprint density at radius 2 is 1.81 bits per heavy atom. The highest BCUT2D eigenvalue weighted by molar-refractivity contribution is 5.43. The lowest BCUT2D eigenvalue weighted by atomic mass is 9.98. The standard InChI is InChI=1S/C12H15F3O/c1-8(2)9(3)4-5-10-6-7-11(16-10)12(13,14)15/h4-9H,1-3H3/b5-4+. The third-order valence-corrected chi connectivity index (χ3v) is 2.52. The summed E-state index contributed by atoms with van der Waals surface area (Å²) in [6.07, 6.45) is -0.973. The Bertz CT molecular complexity index is 361. The number of rotatable bonds is 3. The average Bonchev–Trinajstić information content (AvgIpc) is 2.61. The van der Waals surface area contributed by atoms with Crippen LogP contribution in [0.5, 0.6) is 0 Å². The third kappa shape index (κ3) is 3.43.